The van der Waals surface area contributed by atoms with E-state index in [2.05, 4.69) is 45.0 Å². The van der Waals surface area contributed by atoms with Crippen LogP contribution in [0.2, 0.25) is 5.04 Å². The Hall–Kier alpha value is -2.90. The summed E-state index contributed by atoms with van der Waals surface area (Å²) in [4.78, 5) is 24.4. The Morgan fingerprint density at radius 2 is 1.37 bits per heavy atom. The van der Waals surface area contributed by atoms with E-state index in [4.69, 9.17) is 19.6 Å². The number of rotatable bonds is 10. The Morgan fingerprint density at radius 1 is 0.895 bits per heavy atom. The number of carbonyl (C=O) groups excluding carboxylic acids is 2. The third-order valence-electron chi connectivity index (χ3n) is 6.54. The lowest BCUT2D eigenvalue weighted by molar-refractivity contribution is -0.149. The average molecular weight is 540 g/mol. The Kier molecular flexibility index (Phi) is 10.5. The van der Waals surface area contributed by atoms with Crippen molar-refractivity contribution >= 4 is 30.8 Å². The zero-order chi connectivity index (χ0) is 28.7. The van der Waals surface area contributed by atoms with Crippen LogP contribution in [0.15, 0.2) is 72.3 Å². The number of primary amides is 1. The van der Waals surface area contributed by atoms with E-state index in [0.717, 1.165) is 0 Å². The van der Waals surface area contributed by atoms with Crippen molar-refractivity contribution in [2.75, 3.05) is 6.61 Å². The molecule has 2 aromatic rings. The summed E-state index contributed by atoms with van der Waals surface area (Å²) in [6.45, 7) is 18.1. The second-order valence-electron chi connectivity index (χ2n) is 12.1. The largest absolute Gasteiger partial charge is 0.457 e. The van der Waals surface area contributed by atoms with Crippen molar-refractivity contribution in [1.29, 1.82) is 0 Å². The van der Waals surface area contributed by atoms with E-state index in [1.165, 1.54) is 10.4 Å². The predicted molar refractivity (Wildman–Crippen MR) is 156 cm³/mol. The predicted octanol–water partition coefficient (Wildman–Crippen LogP) is 5.59. The minimum atomic E-state index is -2.77. The second kappa shape index (κ2) is 12.8. The fourth-order valence-electron chi connectivity index (χ4n) is 4.90. The summed E-state index contributed by atoms with van der Waals surface area (Å²) >= 11 is 0. The van der Waals surface area contributed by atoms with E-state index in [1.54, 1.807) is 13.0 Å². The molecule has 0 heterocycles. The summed E-state index contributed by atoms with van der Waals surface area (Å²) < 4.78 is 18.1. The first-order chi connectivity index (χ1) is 17.6. The van der Waals surface area contributed by atoms with Crippen molar-refractivity contribution in [3.63, 3.8) is 0 Å². The Labute approximate surface area is 229 Å². The van der Waals surface area contributed by atoms with Gasteiger partial charge in [0.05, 0.1) is 0 Å². The third kappa shape index (κ3) is 8.05. The van der Waals surface area contributed by atoms with Gasteiger partial charge in [-0.25, -0.2) is 9.59 Å². The molecule has 3 atom stereocenters. The van der Waals surface area contributed by atoms with Gasteiger partial charge in [0.15, 0.2) is 0 Å². The zero-order valence-electron chi connectivity index (χ0n) is 24.4. The lowest BCUT2D eigenvalue weighted by Gasteiger charge is -2.44. The van der Waals surface area contributed by atoms with Crippen LogP contribution in [0.25, 0.3) is 0 Å². The van der Waals surface area contributed by atoms with Crippen molar-refractivity contribution < 1.29 is 23.5 Å². The highest BCUT2D eigenvalue weighted by Crippen LogP contribution is 2.37. The maximum atomic E-state index is 12.5. The van der Waals surface area contributed by atoms with E-state index in [1.807, 2.05) is 71.0 Å². The number of amides is 1. The standard InChI is InChI=1S/C31H45NO5Si/c1-22(20-23(2)28(33)37-30(4,5)6)27(36-29(32)34)24(3)21-35-38(31(7,8)9,25-16-12-10-13-17-25)26-18-14-11-15-19-26/h10-20,22,24,27H,21H2,1-9H3,(H2,32,34)/b23-20+/t22-,24+,27-/m0/s1. The first kappa shape index (κ1) is 31.3. The molecule has 0 radical (unpaired) electrons. The number of nitrogens with two attached hydrogens (primary N) is 1. The fourth-order valence-corrected chi connectivity index (χ4v) is 9.57. The SMILES string of the molecule is C/C(=C\[C@H](C)[C@H](OC(N)=O)[C@H](C)CO[Si](c1ccccc1)(c1ccccc1)C(C)(C)C)C(=O)OC(C)(C)C. The van der Waals surface area contributed by atoms with Crippen LogP contribution in [0, 0.1) is 11.8 Å². The lowest BCUT2D eigenvalue weighted by Crippen LogP contribution is -2.67. The van der Waals surface area contributed by atoms with Crippen molar-refractivity contribution in [2.24, 2.45) is 17.6 Å². The average Bonchev–Trinajstić information content (AvgIpc) is 2.82. The molecule has 2 N–H and O–H groups in total. The first-order valence-electron chi connectivity index (χ1n) is 13.2. The van der Waals surface area contributed by atoms with Crippen molar-refractivity contribution in [3.05, 3.63) is 72.3 Å². The van der Waals surface area contributed by atoms with Gasteiger partial charge < -0.3 is 19.6 Å². The van der Waals surface area contributed by atoms with Crippen LogP contribution < -0.4 is 16.1 Å². The van der Waals surface area contributed by atoms with Gasteiger partial charge in [-0.15, -0.1) is 0 Å². The highest BCUT2D eigenvalue weighted by molar-refractivity contribution is 6.99. The first-order valence-corrected chi connectivity index (χ1v) is 15.1. The number of carbonyl (C=O) groups is 2. The monoisotopic (exact) mass is 539 g/mol. The van der Waals surface area contributed by atoms with Crippen LogP contribution in [0.1, 0.15) is 62.3 Å². The van der Waals surface area contributed by atoms with Gasteiger partial charge >= 0.3 is 12.1 Å². The molecule has 0 unspecified atom stereocenters. The highest BCUT2D eigenvalue weighted by Gasteiger charge is 2.50. The minimum Gasteiger partial charge on any atom is -0.457 e. The molecular weight excluding hydrogens is 494 g/mol. The summed E-state index contributed by atoms with van der Waals surface area (Å²) in [5.41, 5.74) is 5.32. The zero-order valence-corrected chi connectivity index (χ0v) is 25.4. The molecule has 7 heteroatoms. The van der Waals surface area contributed by atoms with Crippen LogP contribution >= 0.6 is 0 Å². The van der Waals surface area contributed by atoms with Gasteiger partial charge in [-0.1, -0.05) is 101 Å². The maximum Gasteiger partial charge on any atom is 0.404 e. The quantitative estimate of drug-likeness (QED) is 0.242. The Balaban J connectivity index is 2.42. The van der Waals surface area contributed by atoms with Crippen molar-refractivity contribution in [3.8, 4) is 0 Å². The van der Waals surface area contributed by atoms with Gasteiger partial charge in [0.1, 0.15) is 11.7 Å². The molecule has 0 aliphatic rings. The smallest absolute Gasteiger partial charge is 0.404 e. The summed E-state index contributed by atoms with van der Waals surface area (Å²) in [5, 5.41) is 2.16. The molecule has 0 aliphatic heterocycles. The molecule has 0 fully saturated rings. The van der Waals surface area contributed by atoms with E-state index < -0.39 is 32.1 Å². The molecule has 6 nitrogen and oxygen atoms in total. The summed E-state index contributed by atoms with van der Waals surface area (Å²) in [6, 6.07) is 20.8. The molecule has 0 aromatic heterocycles. The molecule has 0 spiro atoms. The van der Waals surface area contributed by atoms with Gasteiger partial charge in [-0.05, 0) is 43.1 Å². The number of ether oxygens (including phenoxy) is 2. The number of esters is 1. The normalized spacial score (nSPS) is 15.3. The molecule has 0 saturated carbocycles. The fraction of sp³-hybridized carbons (Fsp3) is 0.484. The van der Waals surface area contributed by atoms with Gasteiger partial charge in [-0.2, -0.15) is 0 Å². The minimum absolute atomic E-state index is 0.186. The van der Waals surface area contributed by atoms with Gasteiger partial charge in [-0.3, -0.25) is 0 Å². The molecule has 1 amide bonds. The van der Waals surface area contributed by atoms with Crippen LogP contribution in [-0.4, -0.2) is 38.7 Å². The van der Waals surface area contributed by atoms with Crippen LogP contribution in [0.3, 0.4) is 0 Å². The van der Waals surface area contributed by atoms with E-state index in [-0.39, 0.29) is 16.9 Å². The van der Waals surface area contributed by atoms with Gasteiger partial charge in [0, 0.05) is 24.0 Å². The molecule has 38 heavy (non-hydrogen) atoms. The Bertz CT molecular complexity index is 1050. The molecule has 0 saturated heterocycles. The molecule has 0 bridgehead atoms. The number of benzene rings is 2. The summed E-state index contributed by atoms with van der Waals surface area (Å²) in [7, 11) is -2.77. The molecule has 208 valence electrons. The van der Waals surface area contributed by atoms with Crippen molar-refractivity contribution in [2.45, 2.75) is 79.1 Å². The lowest BCUT2D eigenvalue weighted by atomic mass is 9.92. The topological polar surface area (TPSA) is 87.9 Å². The summed E-state index contributed by atoms with van der Waals surface area (Å²) in [6.07, 6.45) is 0.326. The number of hydrogen-bond donors (Lipinski definition) is 1. The van der Waals surface area contributed by atoms with Crippen LogP contribution in [0.4, 0.5) is 4.79 Å². The molecule has 0 aliphatic carbocycles. The van der Waals surface area contributed by atoms with Gasteiger partial charge in [0.25, 0.3) is 8.32 Å². The van der Waals surface area contributed by atoms with Gasteiger partial charge in [0.2, 0.25) is 0 Å². The summed E-state index contributed by atoms with van der Waals surface area (Å²) in [5.74, 6) is -0.909. The van der Waals surface area contributed by atoms with Crippen LogP contribution in [0.5, 0.6) is 0 Å². The van der Waals surface area contributed by atoms with Crippen molar-refractivity contribution in [1.82, 2.24) is 0 Å². The Morgan fingerprint density at radius 3 is 1.76 bits per heavy atom. The third-order valence-corrected chi connectivity index (χ3v) is 11.5. The van der Waals surface area contributed by atoms with Crippen LogP contribution in [-0.2, 0) is 18.7 Å². The highest BCUT2D eigenvalue weighted by atomic mass is 28.4. The molecule has 2 rings (SSSR count). The maximum absolute atomic E-state index is 12.5. The van der Waals surface area contributed by atoms with E-state index in [9.17, 15) is 9.59 Å². The van der Waals surface area contributed by atoms with E-state index in [0.29, 0.717) is 12.2 Å². The molecule has 2 aromatic carbocycles. The molecular formula is C31H45NO5Si. The number of hydrogen-bond acceptors (Lipinski definition) is 5. The van der Waals surface area contributed by atoms with E-state index >= 15 is 0 Å². The second-order valence-corrected chi connectivity index (χ2v) is 16.4.